The summed E-state index contributed by atoms with van der Waals surface area (Å²) in [7, 11) is 0. The Morgan fingerprint density at radius 1 is 1.42 bits per heavy atom. The maximum atomic E-state index is 5.46. The Labute approximate surface area is 115 Å². The summed E-state index contributed by atoms with van der Waals surface area (Å²) in [5.74, 6) is 0. The molecule has 1 aromatic rings. The van der Waals surface area contributed by atoms with E-state index in [0.717, 1.165) is 51.5 Å². The molecule has 1 saturated heterocycles. The van der Waals surface area contributed by atoms with Crippen LogP contribution in [-0.2, 0) is 4.74 Å². The van der Waals surface area contributed by atoms with Gasteiger partial charge in [0.05, 0.1) is 6.61 Å². The molecule has 0 amide bonds. The van der Waals surface area contributed by atoms with E-state index >= 15 is 0 Å². The highest BCUT2D eigenvalue weighted by molar-refractivity contribution is 5.17. The van der Waals surface area contributed by atoms with Crippen LogP contribution < -0.4 is 5.32 Å². The molecule has 0 radical (unpaired) electrons. The van der Waals surface area contributed by atoms with E-state index in [1.807, 2.05) is 13.1 Å². The number of aromatic nitrogens is 2. The first-order chi connectivity index (χ1) is 9.27. The fraction of sp³-hybridized carbons (Fsp3) is 0.714. The lowest BCUT2D eigenvalue weighted by molar-refractivity contribution is 0.141. The van der Waals surface area contributed by atoms with E-state index in [9.17, 15) is 0 Å². The normalized spacial score (nSPS) is 19.1. The summed E-state index contributed by atoms with van der Waals surface area (Å²) in [6.07, 6.45) is 4.64. The van der Waals surface area contributed by atoms with Gasteiger partial charge < -0.3 is 10.1 Å². The van der Waals surface area contributed by atoms with Crippen molar-refractivity contribution >= 4 is 0 Å². The summed E-state index contributed by atoms with van der Waals surface area (Å²) in [5.41, 5.74) is 2.24. The van der Waals surface area contributed by atoms with Crippen LogP contribution in [-0.4, -0.2) is 54.3 Å². The van der Waals surface area contributed by atoms with E-state index in [4.69, 9.17) is 4.74 Å². The largest absolute Gasteiger partial charge is 0.380 e. The molecule has 1 fully saturated rings. The Balaban J connectivity index is 1.74. The monoisotopic (exact) mass is 264 g/mol. The van der Waals surface area contributed by atoms with Gasteiger partial charge in [0.25, 0.3) is 0 Å². The van der Waals surface area contributed by atoms with Crippen molar-refractivity contribution in [3.05, 3.63) is 23.8 Å². The van der Waals surface area contributed by atoms with Gasteiger partial charge in [-0.3, -0.25) is 4.90 Å². The highest BCUT2D eigenvalue weighted by atomic mass is 16.5. The fourth-order valence-corrected chi connectivity index (χ4v) is 2.40. The fourth-order valence-electron chi connectivity index (χ4n) is 2.40. The zero-order valence-corrected chi connectivity index (χ0v) is 11.9. The Hall–Kier alpha value is -1.04. The second kappa shape index (κ2) is 7.53. The van der Waals surface area contributed by atoms with Crippen LogP contribution in [0.1, 0.15) is 30.6 Å². The van der Waals surface area contributed by atoms with Gasteiger partial charge in [-0.05, 0) is 20.3 Å². The van der Waals surface area contributed by atoms with Gasteiger partial charge in [0.1, 0.15) is 6.33 Å². The first kappa shape index (κ1) is 14.4. The van der Waals surface area contributed by atoms with Crippen LogP contribution in [0.4, 0.5) is 0 Å². The lowest BCUT2D eigenvalue weighted by Gasteiger charge is -2.21. The molecule has 106 valence electrons. The van der Waals surface area contributed by atoms with Crippen molar-refractivity contribution < 1.29 is 4.74 Å². The van der Waals surface area contributed by atoms with Crippen molar-refractivity contribution in [2.24, 2.45) is 0 Å². The van der Waals surface area contributed by atoms with Crippen LogP contribution in [0.25, 0.3) is 0 Å². The minimum atomic E-state index is 0.296. The van der Waals surface area contributed by atoms with Gasteiger partial charge in [0.2, 0.25) is 0 Å². The van der Waals surface area contributed by atoms with Crippen LogP contribution in [0.2, 0.25) is 0 Å². The summed E-state index contributed by atoms with van der Waals surface area (Å²) < 4.78 is 5.46. The van der Waals surface area contributed by atoms with Gasteiger partial charge in [-0.2, -0.15) is 0 Å². The molecule has 0 bridgehead atoms. The van der Waals surface area contributed by atoms with E-state index in [-0.39, 0.29) is 0 Å². The molecule has 19 heavy (non-hydrogen) atoms. The van der Waals surface area contributed by atoms with Gasteiger partial charge in [-0.25, -0.2) is 9.97 Å². The van der Waals surface area contributed by atoms with Gasteiger partial charge in [0, 0.05) is 56.3 Å². The predicted octanol–water partition coefficient (Wildman–Crippen LogP) is 1.16. The number of hydrogen-bond acceptors (Lipinski definition) is 5. The highest BCUT2D eigenvalue weighted by Crippen LogP contribution is 2.13. The minimum absolute atomic E-state index is 0.296. The molecule has 5 nitrogen and oxygen atoms in total. The molecule has 0 aliphatic carbocycles. The number of aryl methyl sites for hydroxylation is 1. The van der Waals surface area contributed by atoms with E-state index in [1.54, 1.807) is 6.33 Å². The molecule has 0 spiro atoms. The average molecular weight is 264 g/mol. The maximum Gasteiger partial charge on any atom is 0.115 e. The molecule has 5 heteroatoms. The van der Waals surface area contributed by atoms with Crippen molar-refractivity contribution in [1.29, 1.82) is 0 Å². The maximum absolute atomic E-state index is 5.46. The van der Waals surface area contributed by atoms with Crippen LogP contribution in [0.5, 0.6) is 0 Å². The second-order valence-corrected chi connectivity index (χ2v) is 5.05. The molecular weight excluding hydrogens is 240 g/mol. The molecule has 1 aliphatic rings. The van der Waals surface area contributed by atoms with E-state index < -0.39 is 0 Å². The van der Waals surface area contributed by atoms with Crippen molar-refractivity contribution in [2.75, 3.05) is 39.4 Å². The Morgan fingerprint density at radius 3 is 3.16 bits per heavy atom. The molecular formula is C14H24N4O. The van der Waals surface area contributed by atoms with Gasteiger partial charge in [-0.1, -0.05) is 0 Å². The predicted molar refractivity (Wildman–Crippen MR) is 75.1 cm³/mol. The lowest BCUT2D eigenvalue weighted by Crippen LogP contribution is -2.35. The topological polar surface area (TPSA) is 50.3 Å². The first-order valence-corrected chi connectivity index (χ1v) is 7.07. The van der Waals surface area contributed by atoms with Crippen LogP contribution >= 0.6 is 0 Å². The van der Waals surface area contributed by atoms with Crippen molar-refractivity contribution in [3.8, 4) is 0 Å². The highest BCUT2D eigenvalue weighted by Gasteiger charge is 2.11. The molecule has 1 aliphatic heterocycles. The zero-order valence-electron chi connectivity index (χ0n) is 11.9. The van der Waals surface area contributed by atoms with Gasteiger partial charge in [-0.15, -0.1) is 0 Å². The molecule has 1 atom stereocenters. The molecule has 2 heterocycles. The summed E-state index contributed by atoms with van der Waals surface area (Å²) in [5, 5.41) is 3.54. The smallest absolute Gasteiger partial charge is 0.115 e. The molecule has 0 saturated carbocycles. The minimum Gasteiger partial charge on any atom is -0.380 e. The average Bonchev–Trinajstić information content (AvgIpc) is 2.68. The van der Waals surface area contributed by atoms with Crippen LogP contribution in [0.3, 0.4) is 0 Å². The first-order valence-electron chi connectivity index (χ1n) is 7.07. The Kier molecular flexibility index (Phi) is 5.69. The molecule has 1 aromatic heterocycles. The quantitative estimate of drug-likeness (QED) is 0.865. The summed E-state index contributed by atoms with van der Waals surface area (Å²) in [6.45, 7) is 10.2. The second-order valence-electron chi connectivity index (χ2n) is 5.05. The SMILES string of the molecule is Cc1ncncc1C(C)NCCN1CCCOCC1. The number of nitrogens with zero attached hydrogens (tertiary/aromatic N) is 3. The third-order valence-corrected chi connectivity index (χ3v) is 3.61. The van der Waals surface area contributed by atoms with Crippen molar-refractivity contribution in [2.45, 2.75) is 26.3 Å². The molecule has 1 unspecified atom stereocenters. The standard InChI is InChI=1S/C14H24N4O/c1-12(14-10-15-11-17-13(14)2)16-4-6-18-5-3-8-19-9-7-18/h10-12,16H,3-9H2,1-2H3. The number of rotatable bonds is 5. The molecule has 1 N–H and O–H groups in total. The zero-order chi connectivity index (χ0) is 13.5. The third-order valence-electron chi connectivity index (χ3n) is 3.61. The summed E-state index contributed by atoms with van der Waals surface area (Å²) >= 11 is 0. The Bertz CT molecular complexity index is 377. The number of hydrogen-bond donors (Lipinski definition) is 1. The van der Waals surface area contributed by atoms with Crippen molar-refractivity contribution in [1.82, 2.24) is 20.2 Å². The number of ether oxygens (including phenoxy) is 1. The van der Waals surface area contributed by atoms with E-state index in [1.165, 1.54) is 5.56 Å². The molecule has 2 rings (SSSR count). The summed E-state index contributed by atoms with van der Waals surface area (Å²) in [6, 6.07) is 0.296. The Morgan fingerprint density at radius 2 is 2.32 bits per heavy atom. The van der Waals surface area contributed by atoms with Crippen LogP contribution in [0.15, 0.2) is 12.5 Å². The molecule has 0 aromatic carbocycles. The third kappa shape index (κ3) is 4.53. The number of nitrogens with one attached hydrogen (secondary N) is 1. The lowest BCUT2D eigenvalue weighted by atomic mass is 10.1. The van der Waals surface area contributed by atoms with Crippen molar-refractivity contribution in [3.63, 3.8) is 0 Å². The van der Waals surface area contributed by atoms with Crippen LogP contribution in [0, 0.1) is 6.92 Å². The summed E-state index contributed by atoms with van der Waals surface area (Å²) in [4.78, 5) is 10.8. The van der Waals surface area contributed by atoms with Gasteiger partial charge >= 0.3 is 0 Å². The van der Waals surface area contributed by atoms with Gasteiger partial charge in [0.15, 0.2) is 0 Å². The van der Waals surface area contributed by atoms with E-state index in [2.05, 4.69) is 27.1 Å². The van der Waals surface area contributed by atoms with E-state index in [0.29, 0.717) is 6.04 Å².